The highest BCUT2D eigenvalue weighted by atomic mass is 28.2. The van der Waals surface area contributed by atoms with E-state index in [-0.39, 0.29) is 31.6 Å². The molecule has 0 fully saturated rings. The summed E-state index contributed by atoms with van der Waals surface area (Å²) >= 11 is 0. The van der Waals surface area contributed by atoms with Crippen molar-refractivity contribution >= 4 is 29.4 Å². The number of hydrogen-bond donors (Lipinski definition) is 0. The third-order valence-electron chi connectivity index (χ3n) is 4.86. The predicted molar refractivity (Wildman–Crippen MR) is 134 cm³/mol. The summed E-state index contributed by atoms with van der Waals surface area (Å²) < 4.78 is 23.4. The normalized spacial score (nSPS) is 12.5. The summed E-state index contributed by atoms with van der Waals surface area (Å²) in [7, 11) is -0.505. The molecule has 0 aliphatic heterocycles. The van der Waals surface area contributed by atoms with Crippen LogP contribution in [0.2, 0.25) is 12.1 Å². The number of benzene rings is 1. The highest BCUT2D eigenvalue weighted by Crippen LogP contribution is 2.07. The molecule has 0 heterocycles. The minimum absolute atomic E-state index is 0.0121. The van der Waals surface area contributed by atoms with Crippen molar-refractivity contribution in [3.8, 4) is 0 Å². The van der Waals surface area contributed by atoms with Crippen LogP contribution in [0.25, 0.3) is 0 Å². The van der Waals surface area contributed by atoms with Gasteiger partial charge in [0.15, 0.2) is 12.6 Å². The lowest BCUT2D eigenvalue weighted by Crippen LogP contribution is -2.24. The van der Waals surface area contributed by atoms with Crippen molar-refractivity contribution in [1.29, 1.82) is 0 Å². The van der Waals surface area contributed by atoms with Gasteiger partial charge in [0, 0.05) is 26.4 Å². The molecule has 0 radical (unpaired) electrons. The molecular formula is C24H46O4Si2. The van der Waals surface area contributed by atoms with Gasteiger partial charge in [-0.1, -0.05) is 74.4 Å². The molecule has 1 rings (SSSR count). The molecule has 6 heteroatoms. The predicted octanol–water partition coefficient (Wildman–Crippen LogP) is 3.25. The lowest BCUT2D eigenvalue weighted by Gasteiger charge is -2.18. The largest absolute Gasteiger partial charge is 0.353 e. The summed E-state index contributed by atoms with van der Waals surface area (Å²) in [6.07, 6.45) is 6.22. The van der Waals surface area contributed by atoms with Crippen LogP contribution < -0.4 is 10.4 Å². The van der Waals surface area contributed by atoms with Gasteiger partial charge in [-0.15, -0.1) is 0 Å². The molecule has 0 bridgehead atoms. The van der Waals surface area contributed by atoms with Gasteiger partial charge in [-0.05, 0) is 38.5 Å². The standard InChI is InChI=1S/C24H46O4Si2/c1-5-15-25-23(26-16-6-2)13-19-29-21-9-11-22(12-10-21)30-20-14-24(27-17-7-3)28-18-8-4/h9-12,23-24H,5-8,13-20,29-30H2,1-4H3. The highest BCUT2D eigenvalue weighted by molar-refractivity contribution is 6.55. The van der Waals surface area contributed by atoms with Crippen molar-refractivity contribution < 1.29 is 18.9 Å². The maximum atomic E-state index is 5.85. The summed E-state index contributed by atoms with van der Waals surface area (Å²) in [6.45, 7) is 11.8. The molecule has 30 heavy (non-hydrogen) atoms. The Kier molecular flexibility index (Phi) is 17.6. The van der Waals surface area contributed by atoms with E-state index in [0.29, 0.717) is 0 Å². The zero-order chi connectivity index (χ0) is 21.9. The van der Waals surface area contributed by atoms with Gasteiger partial charge < -0.3 is 18.9 Å². The van der Waals surface area contributed by atoms with Gasteiger partial charge in [0.2, 0.25) is 0 Å². The fourth-order valence-electron chi connectivity index (χ4n) is 3.25. The van der Waals surface area contributed by atoms with E-state index >= 15 is 0 Å². The first-order chi connectivity index (χ1) is 14.7. The zero-order valence-electron chi connectivity index (χ0n) is 20.0. The Morgan fingerprint density at radius 1 is 0.567 bits per heavy atom. The molecule has 4 nitrogen and oxygen atoms in total. The monoisotopic (exact) mass is 454 g/mol. The molecule has 0 aliphatic rings. The van der Waals surface area contributed by atoms with Gasteiger partial charge in [-0.25, -0.2) is 0 Å². The average Bonchev–Trinajstić information content (AvgIpc) is 2.77. The second kappa shape index (κ2) is 19.2. The molecule has 0 atom stereocenters. The SMILES string of the molecule is CCCOC(CC[SiH2]c1ccc([SiH2]CCC(OCCC)OCCC)cc1)OCCC. The molecule has 0 aromatic heterocycles. The smallest absolute Gasteiger partial charge is 0.157 e. The maximum Gasteiger partial charge on any atom is 0.157 e. The van der Waals surface area contributed by atoms with Crippen LogP contribution in [-0.4, -0.2) is 58.0 Å². The molecule has 0 amide bonds. The molecular weight excluding hydrogens is 408 g/mol. The summed E-state index contributed by atoms with van der Waals surface area (Å²) in [6, 6.07) is 11.9. The Labute approximate surface area is 190 Å². The van der Waals surface area contributed by atoms with Gasteiger partial charge >= 0.3 is 0 Å². The van der Waals surface area contributed by atoms with Crippen molar-refractivity contribution in [2.75, 3.05) is 26.4 Å². The average molecular weight is 455 g/mol. The zero-order valence-corrected chi connectivity index (χ0v) is 22.8. The van der Waals surface area contributed by atoms with Crippen LogP contribution in [0, 0.1) is 0 Å². The Bertz CT molecular complexity index is 437. The second-order valence-corrected chi connectivity index (χ2v) is 12.0. The molecule has 0 saturated heterocycles. The molecule has 0 N–H and O–H groups in total. The lowest BCUT2D eigenvalue weighted by atomic mass is 10.4. The Balaban J connectivity index is 2.32. The van der Waals surface area contributed by atoms with E-state index in [1.54, 1.807) is 10.4 Å². The molecule has 0 aliphatic carbocycles. The quantitative estimate of drug-likeness (QED) is 0.224. The van der Waals surface area contributed by atoms with Crippen LogP contribution in [0.3, 0.4) is 0 Å². The summed E-state index contributed by atoms with van der Waals surface area (Å²) in [5.41, 5.74) is 0. The molecule has 174 valence electrons. The topological polar surface area (TPSA) is 36.9 Å². The molecule has 0 unspecified atom stereocenters. The van der Waals surface area contributed by atoms with E-state index in [4.69, 9.17) is 18.9 Å². The van der Waals surface area contributed by atoms with Gasteiger partial charge in [0.05, 0.1) is 19.0 Å². The number of ether oxygens (including phenoxy) is 4. The van der Waals surface area contributed by atoms with Gasteiger partial charge in [-0.3, -0.25) is 0 Å². The first-order valence-corrected chi connectivity index (χ1v) is 15.7. The number of rotatable bonds is 20. The third-order valence-corrected chi connectivity index (χ3v) is 8.49. The first-order valence-electron chi connectivity index (χ1n) is 12.3. The summed E-state index contributed by atoms with van der Waals surface area (Å²) in [4.78, 5) is 0. The Morgan fingerprint density at radius 3 is 1.13 bits per heavy atom. The number of hydrogen-bond acceptors (Lipinski definition) is 4. The molecule has 1 aromatic carbocycles. The fraction of sp³-hybridized carbons (Fsp3) is 0.750. The molecule has 0 spiro atoms. The minimum Gasteiger partial charge on any atom is -0.353 e. The van der Waals surface area contributed by atoms with Crippen molar-refractivity contribution in [2.24, 2.45) is 0 Å². The van der Waals surface area contributed by atoms with E-state index < -0.39 is 0 Å². The van der Waals surface area contributed by atoms with Crippen LogP contribution in [-0.2, 0) is 18.9 Å². The highest BCUT2D eigenvalue weighted by Gasteiger charge is 2.10. The van der Waals surface area contributed by atoms with Crippen LogP contribution in [0.1, 0.15) is 66.2 Å². The van der Waals surface area contributed by atoms with Gasteiger partial charge in [-0.2, -0.15) is 0 Å². The van der Waals surface area contributed by atoms with Crippen molar-refractivity contribution in [2.45, 2.75) is 90.9 Å². The van der Waals surface area contributed by atoms with Gasteiger partial charge in [0.1, 0.15) is 0 Å². The van der Waals surface area contributed by atoms with E-state index in [1.807, 2.05) is 0 Å². The Morgan fingerprint density at radius 2 is 0.867 bits per heavy atom. The van der Waals surface area contributed by atoms with Crippen molar-refractivity contribution in [1.82, 2.24) is 0 Å². The van der Waals surface area contributed by atoms with Crippen LogP contribution in [0.5, 0.6) is 0 Å². The minimum atomic E-state index is -0.253. The van der Waals surface area contributed by atoms with E-state index in [9.17, 15) is 0 Å². The summed E-state index contributed by atoms with van der Waals surface area (Å²) in [5.74, 6) is 0. The first kappa shape index (κ1) is 27.5. The van der Waals surface area contributed by atoms with Crippen LogP contribution in [0.15, 0.2) is 24.3 Å². The second-order valence-electron chi connectivity index (χ2n) is 7.94. The van der Waals surface area contributed by atoms with E-state index in [0.717, 1.165) is 65.0 Å². The molecule has 0 saturated carbocycles. The van der Waals surface area contributed by atoms with E-state index in [1.165, 1.54) is 12.1 Å². The van der Waals surface area contributed by atoms with E-state index in [2.05, 4.69) is 52.0 Å². The van der Waals surface area contributed by atoms with Gasteiger partial charge in [0.25, 0.3) is 0 Å². The summed E-state index contributed by atoms with van der Waals surface area (Å²) in [5, 5.41) is 3.10. The lowest BCUT2D eigenvalue weighted by molar-refractivity contribution is -0.143. The van der Waals surface area contributed by atoms with Crippen molar-refractivity contribution in [3.05, 3.63) is 24.3 Å². The molecule has 1 aromatic rings. The van der Waals surface area contributed by atoms with Crippen LogP contribution >= 0.6 is 0 Å². The van der Waals surface area contributed by atoms with Crippen molar-refractivity contribution in [3.63, 3.8) is 0 Å². The maximum absolute atomic E-state index is 5.85. The Hall–Kier alpha value is -0.506. The van der Waals surface area contributed by atoms with Crippen LogP contribution in [0.4, 0.5) is 0 Å². The third kappa shape index (κ3) is 13.7. The fourth-order valence-corrected chi connectivity index (χ4v) is 6.27.